The Morgan fingerprint density at radius 2 is 2.04 bits per heavy atom. The molecule has 1 amide bonds. The molecular weight excluding hydrogens is 324 g/mol. The van der Waals surface area contributed by atoms with Gasteiger partial charge in [-0.25, -0.2) is 0 Å². The maximum absolute atomic E-state index is 13.0. The molecule has 132 valence electrons. The van der Waals surface area contributed by atoms with E-state index in [0.717, 1.165) is 37.1 Å². The lowest BCUT2D eigenvalue weighted by atomic mass is 9.93. The highest BCUT2D eigenvalue weighted by molar-refractivity contribution is 5.88. The second-order valence-corrected chi connectivity index (χ2v) is 7.35. The molecule has 0 aliphatic carbocycles. The molecular formula is C22H22N2O2. The van der Waals surface area contributed by atoms with Gasteiger partial charge in [0.1, 0.15) is 5.75 Å². The Kier molecular flexibility index (Phi) is 3.52. The Balaban J connectivity index is 1.49. The van der Waals surface area contributed by atoms with Crippen molar-refractivity contribution in [2.24, 2.45) is 5.92 Å². The number of H-pyrrole nitrogens is 1. The summed E-state index contributed by atoms with van der Waals surface area (Å²) in [5.74, 6) is 1.27. The van der Waals surface area contributed by atoms with E-state index >= 15 is 0 Å². The number of aromatic amines is 1. The molecule has 2 aliphatic heterocycles. The Morgan fingerprint density at radius 1 is 1.19 bits per heavy atom. The molecule has 0 radical (unpaired) electrons. The molecule has 0 spiro atoms. The molecule has 2 aliphatic rings. The van der Waals surface area contributed by atoms with Gasteiger partial charge in [0.2, 0.25) is 5.91 Å². The van der Waals surface area contributed by atoms with E-state index in [1.54, 1.807) is 7.11 Å². The van der Waals surface area contributed by atoms with Crippen molar-refractivity contribution in [3.05, 3.63) is 65.4 Å². The van der Waals surface area contributed by atoms with Crippen LogP contribution >= 0.6 is 0 Å². The van der Waals surface area contributed by atoms with E-state index in [1.165, 1.54) is 22.2 Å². The maximum Gasteiger partial charge on any atom is 0.226 e. The molecule has 0 saturated carbocycles. The zero-order valence-corrected chi connectivity index (χ0v) is 14.9. The third-order valence-electron chi connectivity index (χ3n) is 5.92. The van der Waals surface area contributed by atoms with Crippen LogP contribution in [-0.2, 0) is 17.6 Å². The average Bonchev–Trinajstić information content (AvgIpc) is 3.20. The fourth-order valence-electron chi connectivity index (χ4n) is 4.66. The normalized spacial score (nSPS) is 21.7. The minimum atomic E-state index is 0.0781. The lowest BCUT2D eigenvalue weighted by Crippen LogP contribution is -2.35. The van der Waals surface area contributed by atoms with Crippen LogP contribution in [0.4, 0.5) is 0 Å². The van der Waals surface area contributed by atoms with Gasteiger partial charge in [-0.1, -0.05) is 30.3 Å². The van der Waals surface area contributed by atoms with Gasteiger partial charge < -0.3 is 14.6 Å². The summed E-state index contributed by atoms with van der Waals surface area (Å²) in [6, 6.07) is 16.7. The second-order valence-electron chi connectivity index (χ2n) is 7.35. The van der Waals surface area contributed by atoms with Gasteiger partial charge in [-0.3, -0.25) is 4.79 Å². The first-order valence-electron chi connectivity index (χ1n) is 9.27. The van der Waals surface area contributed by atoms with Gasteiger partial charge in [-0.15, -0.1) is 0 Å². The monoisotopic (exact) mass is 346 g/mol. The molecule has 0 bridgehead atoms. The zero-order valence-electron chi connectivity index (χ0n) is 14.9. The number of hydrogen-bond acceptors (Lipinski definition) is 2. The molecule has 2 atom stereocenters. The number of benzene rings is 2. The third kappa shape index (κ3) is 2.32. The van der Waals surface area contributed by atoms with E-state index in [0.29, 0.717) is 5.91 Å². The number of carbonyl (C=O) groups excluding carboxylic acids is 1. The minimum absolute atomic E-state index is 0.0781. The van der Waals surface area contributed by atoms with Crippen LogP contribution in [0.15, 0.2) is 48.5 Å². The number of carbonyl (C=O) groups is 1. The van der Waals surface area contributed by atoms with Gasteiger partial charge in [0.25, 0.3) is 0 Å². The van der Waals surface area contributed by atoms with Crippen molar-refractivity contribution < 1.29 is 9.53 Å². The number of amides is 1. The molecule has 2 aromatic carbocycles. The molecule has 1 N–H and O–H groups in total. The van der Waals surface area contributed by atoms with Crippen LogP contribution in [0, 0.1) is 5.92 Å². The topological polar surface area (TPSA) is 45.3 Å². The van der Waals surface area contributed by atoms with Crippen molar-refractivity contribution >= 4 is 16.8 Å². The van der Waals surface area contributed by atoms with Gasteiger partial charge in [0, 0.05) is 29.1 Å². The van der Waals surface area contributed by atoms with E-state index < -0.39 is 0 Å². The van der Waals surface area contributed by atoms with Crippen LogP contribution < -0.4 is 4.74 Å². The molecule has 3 aromatic rings. The molecule has 5 rings (SSSR count). The minimum Gasteiger partial charge on any atom is -0.497 e. The highest BCUT2D eigenvalue weighted by atomic mass is 16.5. The molecule has 4 nitrogen and oxygen atoms in total. The van der Waals surface area contributed by atoms with Gasteiger partial charge in [-0.2, -0.15) is 0 Å². The highest BCUT2D eigenvalue weighted by Crippen LogP contribution is 2.44. The summed E-state index contributed by atoms with van der Waals surface area (Å²) in [4.78, 5) is 18.6. The predicted molar refractivity (Wildman–Crippen MR) is 101 cm³/mol. The van der Waals surface area contributed by atoms with Crippen LogP contribution in [-0.4, -0.2) is 29.4 Å². The van der Waals surface area contributed by atoms with Crippen molar-refractivity contribution in [2.75, 3.05) is 13.7 Å². The molecule has 3 heterocycles. The highest BCUT2D eigenvalue weighted by Gasteiger charge is 2.43. The lowest BCUT2D eigenvalue weighted by molar-refractivity contribution is -0.132. The van der Waals surface area contributed by atoms with E-state index in [4.69, 9.17) is 4.74 Å². The summed E-state index contributed by atoms with van der Waals surface area (Å²) in [7, 11) is 1.70. The Hall–Kier alpha value is -2.75. The van der Waals surface area contributed by atoms with Crippen molar-refractivity contribution in [1.29, 1.82) is 0 Å². The predicted octanol–water partition coefficient (Wildman–Crippen LogP) is 3.86. The summed E-state index contributed by atoms with van der Waals surface area (Å²) in [6.45, 7) is 0.811. The summed E-state index contributed by atoms with van der Waals surface area (Å²) in [6.07, 6.45) is 2.63. The van der Waals surface area contributed by atoms with E-state index in [9.17, 15) is 4.79 Å². The maximum atomic E-state index is 13.0. The van der Waals surface area contributed by atoms with E-state index in [1.807, 2.05) is 24.3 Å². The molecule has 4 heteroatoms. The van der Waals surface area contributed by atoms with Crippen molar-refractivity contribution in [2.45, 2.75) is 25.3 Å². The van der Waals surface area contributed by atoms with Gasteiger partial charge in [-0.05, 0) is 48.6 Å². The molecule has 1 aromatic heterocycles. The fourth-order valence-corrected chi connectivity index (χ4v) is 4.66. The summed E-state index contributed by atoms with van der Waals surface area (Å²) < 4.78 is 5.39. The summed E-state index contributed by atoms with van der Waals surface area (Å²) >= 11 is 0. The number of nitrogens with one attached hydrogen (secondary N) is 1. The average molecular weight is 346 g/mol. The molecule has 26 heavy (non-hydrogen) atoms. The molecule has 1 fully saturated rings. The van der Waals surface area contributed by atoms with Crippen LogP contribution in [0.3, 0.4) is 0 Å². The Labute approximate surface area is 152 Å². The van der Waals surface area contributed by atoms with Gasteiger partial charge in [0.05, 0.1) is 13.2 Å². The first-order chi connectivity index (χ1) is 12.7. The summed E-state index contributed by atoms with van der Waals surface area (Å²) in [5, 5.41) is 1.23. The van der Waals surface area contributed by atoms with Crippen molar-refractivity contribution in [1.82, 2.24) is 9.88 Å². The second kappa shape index (κ2) is 5.90. The van der Waals surface area contributed by atoms with Gasteiger partial charge in [0.15, 0.2) is 0 Å². The van der Waals surface area contributed by atoms with Crippen molar-refractivity contribution in [3.63, 3.8) is 0 Å². The van der Waals surface area contributed by atoms with Gasteiger partial charge >= 0.3 is 0 Å². The molecule has 1 saturated heterocycles. The number of hydrogen-bond donors (Lipinski definition) is 1. The number of fused-ring (bicyclic) bond motifs is 5. The van der Waals surface area contributed by atoms with Crippen LogP contribution in [0.1, 0.15) is 29.3 Å². The Morgan fingerprint density at radius 3 is 2.85 bits per heavy atom. The summed E-state index contributed by atoms with van der Waals surface area (Å²) in [5.41, 5.74) is 4.96. The smallest absolute Gasteiger partial charge is 0.226 e. The van der Waals surface area contributed by atoms with Crippen LogP contribution in [0.25, 0.3) is 10.9 Å². The van der Waals surface area contributed by atoms with Crippen molar-refractivity contribution in [3.8, 4) is 5.75 Å². The van der Waals surface area contributed by atoms with Crippen LogP contribution in [0.2, 0.25) is 0 Å². The standard InChI is InChI=1S/C22H22N2O2/c1-26-16-7-8-19-18(13-16)17-9-10-24-20(21(17)23-19)12-15(22(24)25)11-14-5-3-2-4-6-14/h2-8,13,15,20,23H,9-12H2,1H3/t15-,20-/m0/s1. The fraction of sp³-hybridized carbons (Fsp3) is 0.318. The first kappa shape index (κ1) is 15.5. The van der Waals surface area contributed by atoms with E-state index in [2.05, 4.69) is 34.1 Å². The lowest BCUT2D eigenvalue weighted by Gasteiger charge is -2.29. The first-order valence-corrected chi connectivity index (χ1v) is 9.27. The van der Waals surface area contributed by atoms with Crippen LogP contribution in [0.5, 0.6) is 5.75 Å². The third-order valence-corrected chi connectivity index (χ3v) is 5.92. The Bertz CT molecular complexity index is 976. The number of aromatic nitrogens is 1. The number of methoxy groups -OCH3 is 1. The largest absolute Gasteiger partial charge is 0.497 e. The van der Waals surface area contributed by atoms with E-state index in [-0.39, 0.29) is 12.0 Å². The molecule has 0 unspecified atom stereocenters. The SMILES string of the molecule is COc1ccc2[nH]c3c(c2c1)CCN1C(=O)[C@@H](Cc2ccccc2)C[C@@H]31. The number of rotatable bonds is 3. The number of nitrogens with zero attached hydrogens (tertiary/aromatic N) is 1. The quantitative estimate of drug-likeness (QED) is 0.783. The number of ether oxygens (including phenoxy) is 1. The zero-order chi connectivity index (χ0) is 17.7.